The van der Waals surface area contributed by atoms with Crippen LogP contribution in [0.25, 0.3) is 0 Å². The summed E-state index contributed by atoms with van der Waals surface area (Å²) in [5.41, 5.74) is 2.74. The average molecular weight is 426 g/mol. The molecule has 0 bridgehead atoms. The van der Waals surface area contributed by atoms with Gasteiger partial charge in [0.25, 0.3) is 0 Å². The van der Waals surface area contributed by atoms with E-state index in [1.165, 1.54) is 0 Å². The summed E-state index contributed by atoms with van der Waals surface area (Å²) in [6.45, 7) is 12.1. The van der Waals surface area contributed by atoms with E-state index < -0.39 is 24.6 Å². The molecular weight excluding hydrogens is 395 g/mol. The average Bonchev–Trinajstić information content (AvgIpc) is 2.47. The molecule has 138 valence electrons. The van der Waals surface area contributed by atoms with E-state index in [0.717, 1.165) is 4.46 Å². The third-order valence-corrected chi connectivity index (χ3v) is 6.69. The van der Waals surface area contributed by atoms with Crippen molar-refractivity contribution in [3.63, 3.8) is 0 Å². The van der Waals surface area contributed by atoms with Crippen molar-refractivity contribution < 1.29 is 14.6 Å². The first-order chi connectivity index (χ1) is 11.5. The molecule has 1 aromatic carbocycles. The zero-order chi connectivity index (χ0) is 19.1. The van der Waals surface area contributed by atoms with Gasteiger partial charge in [0.15, 0.2) is 0 Å². The summed E-state index contributed by atoms with van der Waals surface area (Å²) in [7, 11) is -1.40. The van der Waals surface area contributed by atoms with Gasteiger partial charge in [0.2, 0.25) is 0 Å². The van der Waals surface area contributed by atoms with Crippen LogP contribution in [-0.4, -0.2) is 45.8 Å². The molecule has 0 aliphatic heterocycles. The van der Waals surface area contributed by atoms with Crippen molar-refractivity contribution in [3.8, 4) is 11.5 Å². The molecule has 0 aromatic heterocycles. The zero-order valence-corrected chi connectivity index (χ0v) is 18.8. The van der Waals surface area contributed by atoms with Gasteiger partial charge in [0, 0.05) is 0 Å². The standard InChI is InChI=1S/C20H30O3SeSi/c1-20(2,3)23-19(22)18(24-16-12-8-7-9-13-16)17(21)14-10-11-15-25(4,5)6/h7-9,12-13,17-18,21H,10,14H2,1-6H3/t17-,18?/m0/s1. The van der Waals surface area contributed by atoms with E-state index in [1.807, 2.05) is 51.1 Å². The maximum atomic E-state index is 12.6. The van der Waals surface area contributed by atoms with Gasteiger partial charge in [-0.15, -0.1) is 0 Å². The fraction of sp³-hybridized carbons (Fsp3) is 0.550. The van der Waals surface area contributed by atoms with E-state index in [9.17, 15) is 9.90 Å². The summed E-state index contributed by atoms with van der Waals surface area (Å²) in [6, 6.07) is 9.85. The van der Waals surface area contributed by atoms with Gasteiger partial charge in [-0.05, 0) is 0 Å². The molecule has 1 unspecified atom stereocenters. The number of esters is 1. The van der Waals surface area contributed by atoms with Gasteiger partial charge in [-0.1, -0.05) is 0 Å². The number of carbonyl (C=O) groups excluding carboxylic acids is 1. The quantitative estimate of drug-likeness (QED) is 0.433. The molecule has 0 heterocycles. The van der Waals surface area contributed by atoms with Crippen molar-refractivity contribution in [3.05, 3.63) is 30.3 Å². The summed E-state index contributed by atoms with van der Waals surface area (Å²) in [4.78, 5) is 12.1. The van der Waals surface area contributed by atoms with E-state index in [4.69, 9.17) is 4.74 Å². The number of aliphatic hydroxyl groups is 1. The molecule has 25 heavy (non-hydrogen) atoms. The Balaban J connectivity index is 2.81. The van der Waals surface area contributed by atoms with Crippen LogP contribution in [0.1, 0.15) is 33.6 Å². The molecule has 2 atom stereocenters. The Morgan fingerprint density at radius 2 is 1.84 bits per heavy atom. The van der Waals surface area contributed by atoms with Crippen LogP contribution in [0.5, 0.6) is 0 Å². The van der Waals surface area contributed by atoms with Gasteiger partial charge < -0.3 is 0 Å². The third kappa shape index (κ3) is 9.86. The molecule has 0 fully saturated rings. The first-order valence-corrected chi connectivity index (χ1v) is 14.0. The Bertz CT molecular complexity index is 606. The molecule has 1 aromatic rings. The van der Waals surface area contributed by atoms with Gasteiger partial charge in [-0.3, -0.25) is 0 Å². The van der Waals surface area contributed by atoms with Crippen LogP contribution in [-0.2, 0) is 9.53 Å². The number of hydrogen-bond donors (Lipinski definition) is 1. The molecule has 0 saturated carbocycles. The first-order valence-electron chi connectivity index (χ1n) is 8.60. The molecule has 0 amide bonds. The molecular formula is C20H30O3SeSi. The normalized spacial score (nSPS) is 14.2. The van der Waals surface area contributed by atoms with Crippen LogP contribution in [0.3, 0.4) is 0 Å². The van der Waals surface area contributed by atoms with E-state index in [1.54, 1.807) is 0 Å². The third-order valence-electron chi connectivity index (χ3n) is 3.02. The Hall–Kier alpha value is -1.05. The van der Waals surface area contributed by atoms with E-state index in [2.05, 4.69) is 31.1 Å². The van der Waals surface area contributed by atoms with E-state index in [-0.39, 0.29) is 20.9 Å². The van der Waals surface area contributed by atoms with E-state index in [0.29, 0.717) is 12.8 Å². The first kappa shape index (κ1) is 22.0. The Morgan fingerprint density at radius 1 is 1.24 bits per heavy atom. The predicted octanol–water partition coefficient (Wildman–Crippen LogP) is 3.17. The monoisotopic (exact) mass is 426 g/mol. The molecule has 1 rings (SSSR count). The van der Waals surface area contributed by atoms with E-state index >= 15 is 0 Å². The van der Waals surface area contributed by atoms with Gasteiger partial charge >= 0.3 is 160 Å². The van der Waals surface area contributed by atoms with Crippen molar-refractivity contribution in [2.45, 2.75) is 69.8 Å². The van der Waals surface area contributed by atoms with Gasteiger partial charge in [0.1, 0.15) is 0 Å². The Kier molecular flexibility index (Phi) is 8.44. The van der Waals surface area contributed by atoms with Crippen LogP contribution in [0.15, 0.2) is 30.3 Å². The van der Waals surface area contributed by atoms with Crippen LogP contribution in [0.4, 0.5) is 0 Å². The number of benzene rings is 1. The van der Waals surface area contributed by atoms with Crippen molar-refractivity contribution in [1.29, 1.82) is 0 Å². The van der Waals surface area contributed by atoms with Crippen molar-refractivity contribution in [1.82, 2.24) is 0 Å². The van der Waals surface area contributed by atoms with Crippen LogP contribution in [0, 0.1) is 11.5 Å². The minimum atomic E-state index is -1.40. The molecule has 5 heteroatoms. The minimum absolute atomic E-state index is 0.185. The Morgan fingerprint density at radius 3 is 2.36 bits per heavy atom. The van der Waals surface area contributed by atoms with Crippen LogP contribution >= 0.6 is 0 Å². The molecule has 0 aliphatic carbocycles. The molecule has 1 N–H and O–H groups in total. The van der Waals surface area contributed by atoms with Crippen molar-refractivity contribution in [2.24, 2.45) is 0 Å². The molecule has 3 nitrogen and oxygen atoms in total. The van der Waals surface area contributed by atoms with Crippen LogP contribution in [0.2, 0.25) is 24.5 Å². The summed E-state index contributed by atoms with van der Waals surface area (Å²) in [5, 5.41) is 10.6. The number of rotatable bonds is 6. The second kappa shape index (κ2) is 9.59. The van der Waals surface area contributed by atoms with Gasteiger partial charge in [0.05, 0.1) is 0 Å². The number of ether oxygens (including phenoxy) is 1. The Labute approximate surface area is 159 Å². The maximum absolute atomic E-state index is 12.6. The molecule has 0 spiro atoms. The topological polar surface area (TPSA) is 46.5 Å². The fourth-order valence-electron chi connectivity index (χ4n) is 1.99. The summed E-state index contributed by atoms with van der Waals surface area (Å²) >= 11 is -0.185. The van der Waals surface area contributed by atoms with Crippen LogP contribution < -0.4 is 4.46 Å². The SMILES string of the molecule is CC(C)(C)OC(=O)C([Se]c1ccccc1)[C@@H](O)CCC#C[Si](C)(C)C. The van der Waals surface area contributed by atoms with Gasteiger partial charge in [-0.2, -0.15) is 0 Å². The number of carbonyl (C=O) groups is 1. The molecule has 0 aliphatic rings. The second-order valence-corrected chi connectivity index (χ2v) is 15.3. The summed E-state index contributed by atoms with van der Waals surface area (Å²) in [6.07, 6.45) is 0.372. The van der Waals surface area contributed by atoms with Crippen molar-refractivity contribution in [2.75, 3.05) is 0 Å². The van der Waals surface area contributed by atoms with Gasteiger partial charge in [-0.25, -0.2) is 0 Å². The van der Waals surface area contributed by atoms with Crippen molar-refractivity contribution >= 4 is 33.5 Å². The number of aliphatic hydroxyl groups excluding tert-OH is 1. The molecule has 0 radical (unpaired) electrons. The summed E-state index contributed by atoms with van der Waals surface area (Å²) in [5.74, 6) is 2.85. The fourth-order valence-corrected chi connectivity index (χ4v) is 4.84. The predicted molar refractivity (Wildman–Crippen MR) is 108 cm³/mol. The second-order valence-electron chi connectivity index (χ2n) is 8.04. The molecule has 0 saturated heterocycles. The zero-order valence-electron chi connectivity index (χ0n) is 16.1. The number of hydrogen-bond acceptors (Lipinski definition) is 3. The summed E-state index contributed by atoms with van der Waals surface area (Å²) < 4.78 is 6.62.